The number of carbonyl (C=O) groups excluding carboxylic acids is 3. The number of hydrogen-bond acceptors (Lipinski definition) is 5. The van der Waals surface area contributed by atoms with Crippen LogP contribution < -0.4 is 5.73 Å². The van der Waals surface area contributed by atoms with Gasteiger partial charge in [0.05, 0.1) is 18.9 Å². The maximum atomic E-state index is 11.3. The fourth-order valence-corrected chi connectivity index (χ4v) is 2.00. The van der Waals surface area contributed by atoms with E-state index in [4.69, 9.17) is 10.5 Å². The van der Waals surface area contributed by atoms with Gasteiger partial charge in [0.2, 0.25) is 5.91 Å². The molecular weight excluding hydrogens is 214 g/mol. The number of nitrogens with two attached hydrogens (primary N) is 1. The normalized spacial score (nSPS) is 28.5. The van der Waals surface area contributed by atoms with Gasteiger partial charge in [-0.2, -0.15) is 0 Å². The van der Waals surface area contributed by atoms with Gasteiger partial charge in [0.15, 0.2) is 0 Å². The van der Waals surface area contributed by atoms with Gasteiger partial charge >= 0.3 is 11.9 Å². The molecule has 90 valence electrons. The first kappa shape index (κ1) is 12.5. The van der Waals surface area contributed by atoms with Crippen molar-refractivity contribution in [3.63, 3.8) is 0 Å². The molecule has 0 aromatic rings. The van der Waals surface area contributed by atoms with Gasteiger partial charge in [0.25, 0.3) is 0 Å². The fraction of sp³-hybridized carbons (Fsp3) is 0.700. The van der Waals surface area contributed by atoms with Crippen LogP contribution in [-0.4, -0.2) is 31.1 Å². The second kappa shape index (κ2) is 4.96. The Labute approximate surface area is 93.1 Å². The van der Waals surface area contributed by atoms with Crippen molar-refractivity contribution < 1.29 is 23.9 Å². The SMILES string of the molecule is COC(=O)C1CC(OC(C)=O)C(C(N)=O)C1. The lowest BCUT2D eigenvalue weighted by Crippen LogP contribution is -2.32. The van der Waals surface area contributed by atoms with E-state index in [1.54, 1.807) is 0 Å². The highest BCUT2D eigenvalue weighted by Gasteiger charge is 2.43. The lowest BCUT2D eigenvalue weighted by molar-refractivity contribution is -0.151. The third-order valence-corrected chi connectivity index (χ3v) is 2.72. The molecule has 2 N–H and O–H groups in total. The first-order valence-corrected chi connectivity index (χ1v) is 5.00. The van der Waals surface area contributed by atoms with Crippen molar-refractivity contribution in [2.75, 3.05) is 7.11 Å². The van der Waals surface area contributed by atoms with E-state index in [2.05, 4.69) is 4.74 Å². The van der Waals surface area contributed by atoms with Crippen molar-refractivity contribution in [1.82, 2.24) is 0 Å². The highest BCUT2D eigenvalue weighted by Crippen LogP contribution is 2.34. The number of methoxy groups -OCH3 is 1. The van der Waals surface area contributed by atoms with Crippen LogP contribution in [0, 0.1) is 11.8 Å². The largest absolute Gasteiger partial charge is 0.469 e. The summed E-state index contributed by atoms with van der Waals surface area (Å²) in [6, 6.07) is 0. The van der Waals surface area contributed by atoms with E-state index in [9.17, 15) is 14.4 Å². The van der Waals surface area contributed by atoms with Crippen LogP contribution in [0.15, 0.2) is 0 Å². The Bertz CT molecular complexity index is 314. The number of primary amides is 1. The summed E-state index contributed by atoms with van der Waals surface area (Å²) in [6.45, 7) is 1.25. The summed E-state index contributed by atoms with van der Waals surface area (Å²) in [5.41, 5.74) is 5.19. The van der Waals surface area contributed by atoms with Crippen molar-refractivity contribution in [3.8, 4) is 0 Å². The van der Waals surface area contributed by atoms with E-state index in [0.717, 1.165) is 0 Å². The van der Waals surface area contributed by atoms with Crippen LogP contribution >= 0.6 is 0 Å². The van der Waals surface area contributed by atoms with Crippen LogP contribution in [0.5, 0.6) is 0 Å². The molecule has 1 rings (SSSR count). The first-order valence-electron chi connectivity index (χ1n) is 5.00. The molecule has 0 bridgehead atoms. The molecule has 6 nitrogen and oxygen atoms in total. The molecule has 1 aliphatic rings. The van der Waals surface area contributed by atoms with E-state index >= 15 is 0 Å². The Balaban J connectivity index is 2.71. The second-order valence-electron chi connectivity index (χ2n) is 3.85. The first-order chi connectivity index (χ1) is 7.45. The van der Waals surface area contributed by atoms with E-state index < -0.39 is 35.8 Å². The minimum Gasteiger partial charge on any atom is -0.469 e. The summed E-state index contributed by atoms with van der Waals surface area (Å²) in [4.78, 5) is 33.3. The zero-order valence-electron chi connectivity index (χ0n) is 9.26. The molecule has 0 spiro atoms. The molecule has 1 fully saturated rings. The number of hydrogen-bond donors (Lipinski definition) is 1. The highest BCUT2D eigenvalue weighted by molar-refractivity contribution is 5.81. The van der Waals surface area contributed by atoms with Crippen LogP contribution in [0.25, 0.3) is 0 Å². The molecule has 1 aliphatic carbocycles. The summed E-state index contributed by atoms with van der Waals surface area (Å²) in [5.74, 6) is -2.47. The monoisotopic (exact) mass is 229 g/mol. The van der Waals surface area contributed by atoms with Gasteiger partial charge in [0, 0.05) is 6.92 Å². The topological polar surface area (TPSA) is 95.7 Å². The van der Waals surface area contributed by atoms with Gasteiger partial charge in [0.1, 0.15) is 6.10 Å². The van der Waals surface area contributed by atoms with E-state index in [-0.39, 0.29) is 6.42 Å². The average Bonchev–Trinajstić information content (AvgIpc) is 2.59. The highest BCUT2D eigenvalue weighted by atomic mass is 16.5. The minimum atomic E-state index is -0.612. The number of esters is 2. The smallest absolute Gasteiger partial charge is 0.308 e. The Morgan fingerprint density at radius 1 is 1.25 bits per heavy atom. The van der Waals surface area contributed by atoms with Gasteiger partial charge in [-0.1, -0.05) is 0 Å². The van der Waals surface area contributed by atoms with E-state index in [0.29, 0.717) is 6.42 Å². The third-order valence-electron chi connectivity index (χ3n) is 2.72. The molecule has 0 aromatic heterocycles. The molecule has 0 saturated heterocycles. The predicted molar refractivity (Wildman–Crippen MR) is 53.0 cm³/mol. The molecule has 6 heteroatoms. The molecule has 1 saturated carbocycles. The molecule has 16 heavy (non-hydrogen) atoms. The molecule has 1 amide bonds. The van der Waals surface area contributed by atoms with Crippen molar-refractivity contribution in [1.29, 1.82) is 0 Å². The quantitative estimate of drug-likeness (QED) is 0.664. The summed E-state index contributed by atoms with van der Waals surface area (Å²) < 4.78 is 9.55. The van der Waals surface area contributed by atoms with Crippen LogP contribution in [0.4, 0.5) is 0 Å². The van der Waals surface area contributed by atoms with Gasteiger partial charge < -0.3 is 15.2 Å². The second-order valence-corrected chi connectivity index (χ2v) is 3.85. The summed E-state index contributed by atoms with van der Waals surface area (Å²) in [5, 5.41) is 0. The Morgan fingerprint density at radius 2 is 1.88 bits per heavy atom. The summed E-state index contributed by atoms with van der Waals surface area (Å²) in [7, 11) is 1.28. The summed E-state index contributed by atoms with van der Waals surface area (Å²) in [6.07, 6.45) is -0.0427. The Kier molecular flexibility index (Phi) is 3.87. The van der Waals surface area contributed by atoms with E-state index in [1.165, 1.54) is 14.0 Å². The fourth-order valence-electron chi connectivity index (χ4n) is 2.00. The van der Waals surface area contributed by atoms with Gasteiger partial charge in [-0.15, -0.1) is 0 Å². The molecule has 3 unspecified atom stereocenters. The lowest BCUT2D eigenvalue weighted by atomic mass is 10.0. The van der Waals surface area contributed by atoms with Crippen molar-refractivity contribution in [2.45, 2.75) is 25.9 Å². The van der Waals surface area contributed by atoms with Crippen LogP contribution in [0.2, 0.25) is 0 Å². The van der Waals surface area contributed by atoms with Gasteiger partial charge in [-0.3, -0.25) is 14.4 Å². The standard InChI is InChI=1S/C10H15NO5/c1-5(12)16-8-4-6(10(14)15-2)3-7(8)9(11)13/h6-8H,3-4H2,1-2H3,(H2,11,13). The van der Waals surface area contributed by atoms with E-state index in [1.807, 2.05) is 0 Å². The van der Waals surface area contributed by atoms with Gasteiger partial charge in [-0.25, -0.2) is 0 Å². The third kappa shape index (κ3) is 2.71. The molecule has 0 radical (unpaired) electrons. The minimum absolute atomic E-state index is 0.278. The average molecular weight is 229 g/mol. The predicted octanol–water partition coefficient (Wildman–Crippen LogP) is -0.397. The molecular formula is C10H15NO5. The van der Waals surface area contributed by atoms with Crippen LogP contribution in [0.3, 0.4) is 0 Å². The number of rotatable bonds is 3. The van der Waals surface area contributed by atoms with Crippen molar-refractivity contribution in [3.05, 3.63) is 0 Å². The lowest BCUT2D eigenvalue weighted by Gasteiger charge is -2.15. The number of carbonyl (C=O) groups is 3. The molecule has 0 aromatic carbocycles. The zero-order chi connectivity index (χ0) is 12.3. The number of ether oxygens (including phenoxy) is 2. The molecule has 0 aliphatic heterocycles. The Hall–Kier alpha value is -1.59. The van der Waals surface area contributed by atoms with Crippen molar-refractivity contribution >= 4 is 17.8 Å². The molecule has 3 atom stereocenters. The van der Waals surface area contributed by atoms with Crippen LogP contribution in [0.1, 0.15) is 19.8 Å². The maximum Gasteiger partial charge on any atom is 0.308 e. The van der Waals surface area contributed by atoms with Crippen molar-refractivity contribution in [2.24, 2.45) is 17.6 Å². The number of amides is 1. The van der Waals surface area contributed by atoms with Crippen LogP contribution in [-0.2, 0) is 23.9 Å². The summed E-state index contributed by atoms with van der Waals surface area (Å²) >= 11 is 0. The maximum absolute atomic E-state index is 11.3. The molecule has 0 heterocycles. The zero-order valence-corrected chi connectivity index (χ0v) is 9.26. The van der Waals surface area contributed by atoms with Gasteiger partial charge in [-0.05, 0) is 12.8 Å². The Morgan fingerprint density at radius 3 is 2.31 bits per heavy atom.